The van der Waals surface area contributed by atoms with Crippen LogP contribution in [0, 0.1) is 0 Å². The largest absolute Gasteiger partial charge is 0.306 e. The molecule has 0 saturated carbocycles. The van der Waals surface area contributed by atoms with E-state index < -0.39 is 0 Å². The number of imidazole rings is 1. The lowest BCUT2D eigenvalue weighted by Gasteiger charge is -1.99. The molecule has 0 aliphatic carbocycles. The van der Waals surface area contributed by atoms with Gasteiger partial charge < -0.3 is 9.36 Å². The maximum absolute atomic E-state index is 10.3. The monoisotopic (exact) mass is 186 g/mol. The number of rotatable bonds is 3. The van der Waals surface area contributed by atoms with Crippen LogP contribution in [0.2, 0.25) is 0 Å². The van der Waals surface area contributed by atoms with E-state index in [2.05, 4.69) is 4.98 Å². The van der Waals surface area contributed by atoms with Gasteiger partial charge in [-0.15, -0.1) is 0 Å². The van der Waals surface area contributed by atoms with Crippen molar-refractivity contribution < 1.29 is 4.79 Å². The molecule has 0 N–H and O–H groups in total. The summed E-state index contributed by atoms with van der Waals surface area (Å²) < 4.78 is 1.90. The minimum absolute atomic E-state index is 0.375. The van der Waals surface area contributed by atoms with Crippen molar-refractivity contribution in [3.05, 3.63) is 48.5 Å². The zero-order chi connectivity index (χ0) is 9.80. The highest BCUT2D eigenvalue weighted by Gasteiger charge is 1.98. The van der Waals surface area contributed by atoms with E-state index >= 15 is 0 Å². The average molecular weight is 186 g/mol. The molecule has 0 atom stereocenters. The highest BCUT2D eigenvalue weighted by atomic mass is 16.1. The third-order valence-corrected chi connectivity index (χ3v) is 1.98. The topological polar surface area (TPSA) is 34.9 Å². The Kier molecular flexibility index (Phi) is 2.40. The Morgan fingerprint density at radius 1 is 1.29 bits per heavy atom. The third-order valence-electron chi connectivity index (χ3n) is 1.98. The van der Waals surface area contributed by atoms with Crippen LogP contribution in [0.4, 0.5) is 0 Å². The summed E-state index contributed by atoms with van der Waals surface area (Å²) in [5.74, 6) is 0. The molecule has 0 fully saturated rings. The molecule has 0 unspecified atom stereocenters. The minimum Gasteiger partial charge on any atom is -0.306 e. The fourth-order valence-corrected chi connectivity index (χ4v) is 1.30. The van der Waals surface area contributed by atoms with Crippen LogP contribution in [0.3, 0.4) is 0 Å². The first-order valence-corrected chi connectivity index (χ1v) is 4.42. The first-order valence-electron chi connectivity index (χ1n) is 4.42. The Morgan fingerprint density at radius 2 is 2.07 bits per heavy atom. The van der Waals surface area contributed by atoms with Crippen LogP contribution >= 0.6 is 0 Å². The van der Waals surface area contributed by atoms with E-state index in [1.54, 1.807) is 6.33 Å². The predicted molar refractivity (Wildman–Crippen MR) is 53.3 cm³/mol. The molecule has 1 heterocycles. The number of nitrogens with zero attached hydrogens (tertiary/aromatic N) is 2. The van der Waals surface area contributed by atoms with Crippen LogP contribution < -0.4 is 0 Å². The van der Waals surface area contributed by atoms with Crippen molar-refractivity contribution >= 4 is 6.29 Å². The van der Waals surface area contributed by atoms with Gasteiger partial charge in [0.15, 0.2) is 0 Å². The number of para-hydroxylation sites is 1. The van der Waals surface area contributed by atoms with Crippen molar-refractivity contribution in [2.75, 3.05) is 0 Å². The summed E-state index contributed by atoms with van der Waals surface area (Å²) in [6.07, 6.45) is 4.81. The first-order chi connectivity index (χ1) is 6.90. The van der Waals surface area contributed by atoms with Crippen LogP contribution in [0.5, 0.6) is 0 Å². The molecule has 2 rings (SSSR count). The van der Waals surface area contributed by atoms with Gasteiger partial charge in [0.05, 0.1) is 12.0 Å². The molecule has 0 aliphatic rings. The van der Waals surface area contributed by atoms with Crippen molar-refractivity contribution in [1.82, 2.24) is 9.55 Å². The predicted octanol–water partition coefficient (Wildman–Crippen LogP) is 1.61. The maximum atomic E-state index is 10.3. The van der Waals surface area contributed by atoms with Crippen molar-refractivity contribution in [1.29, 1.82) is 0 Å². The van der Waals surface area contributed by atoms with E-state index in [9.17, 15) is 4.79 Å². The molecule has 1 aromatic carbocycles. The standard InChI is InChI=1S/C11H10N2O/c14-7-6-10-8-13(9-12-10)11-4-2-1-3-5-11/h1-5,7-9H,6H2. The van der Waals surface area contributed by atoms with Gasteiger partial charge >= 0.3 is 0 Å². The second-order valence-corrected chi connectivity index (χ2v) is 2.98. The summed E-state index contributed by atoms with van der Waals surface area (Å²) in [5.41, 5.74) is 1.85. The van der Waals surface area contributed by atoms with Crippen molar-refractivity contribution in [3.63, 3.8) is 0 Å². The Labute approximate surface area is 82.0 Å². The molecule has 0 bridgehead atoms. The Balaban J connectivity index is 2.29. The van der Waals surface area contributed by atoms with E-state index in [-0.39, 0.29) is 0 Å². The number of aromatic nitrogens is 2. The van der Waals surface area contributed by atoms with Crippen molar-refractivity contribution in [2.24, 2.45) is 0 Å². The van der Waals surface area contributed by atoms with Crippen LogP contribution in [0.15, 0.2) is 42.9 Å². The molecule has 0 spiro atoms. The summed E-state index contributed by atoms with van der Waals surface area (Å²) in [7, 11) is 0. The molecule has 2 aromatic rings. The fraction of sp³-hybridized carbons (Fsp3) is 0.0909. The summed E-state index contributed by atoms with van der Waals surface area (Å²) in [6.45, 7) is 0. The molecule has 0 saturated heterocycles. The van der Waals surface area contributed by atoms with E-state index in [1.807, 2.05) is 41.1 Å². The summed E-state index contributed by atoms with van der Waals surface area (Å²) in [4.78, 5) is 14.4. The van der Waals surface area contributed by atoms with Gasteiger partial charge in [-0.05, 0) is 12.1 Å². The highest BCUT2D eigenvalue weighted by molar-refractivity contribution is 5.53. The third kappa shape index (κ3) is 1.71. The molecule has 0 aliphatic heterocycles. The Bertz CT molecular complexity index is 420. The van der Waals surface area contributed by atoms with Gasteiger partial charge in [-0.2, -0.15) is 0 Å². The molecule has 1 aromatic heterocycles. The number of hydrogen-bond acceptors (Lipinski definition) is 2. The number of carbonyl (C=O) groups excluding carboxylic acids is 1. The van der Waals surface area contributed by atoms with Gasteiger partial charge in [0.25, 0.3) is 0 Å². The number of hydrogen-bond donors (Lipinski definition) is 0. The van der Waals surface area contributed by atoms with E-state index in [4.69, 9.17) is 0 Å². The highest BCUT2D eigenvalue weighted by Crippen LogP contribution is 2.07. The lowest BCUT2D eigenvalue weighted by molar-refractivity contribution is -0.107. The van der Waals surface area contributed by atoms with Crippen LogP contribution in [0.25, 0.3) is 5.69 Å². The van der Waals surface area contributed by atoms with E-state index in [1.165, 1.54) is 0 Å². The van der Waals surface area contributed by atoms with Gasteiger partial charge in [-0.25, -0.2) is 4.98 Å². The van der Waals surface area contributed by atoms with E-state index in [0.717, 1.165) is 17.7 Å². The fourth-order valence-electron chi connectivity index (χ4n) is 1.30. The summed E-state index contributed by atoms with van der Waals surface area (Å²) in [6, 6.07) is 9.88. The summed E-state index contributed by atoms with van der Waals surface area (Å²) in [5, 5.41) is 0. The number of benzene rings is 1. The molecular weight excluding hydrogens is 176 g/mol. The minimum atomic E-state index is 0.375. The molecule has 0 radical (unpaired) electrons. The van der Waals surface area contributed by atoms with Gasteiger partial charge in [0, 0.05) is 18.3 Å². The lowest BCUT2D eigenvalue weighted by Crippen LogP contribution is -1.88. The number of aldehydes is 1. The Morgan fingerprint density at radius 3 is 2.79 bits per heavy atom. The van der Waals surface area contributed by atoms with Crippen LogP contribution in [0.1, 0.15) is 5.69 Å². The van der Waals surface area contributed by atoms with Crippen molar-refractivity contribution in [2.45, 2.75) is 6.42 Å². The van der Waals surface area contributed by atoms with Gasteiger partial charge in [-0.3, -0.25) is 0 Å². The second-order valence-electron chi connectivity index (χ2n) is 2.98. The average Bonchev–Trinajstić information content (AvgIpc) is 2.68. The molecule has 70 valence electrons. The second kappa shape index (κ2) is 3.87. The zero-order valence-corrected chi connectivity index (χ0v) is 7.63. The molecule has 3 heteroatoms. The number of carbonyl (C=O) groups is 1. The first kappa shape index (κ1) is 8.69. The maximum Gasteiger partial charge on any atom is 0.125 e. The van der Waals surface area contributed by atoms with E-state index in [0.29, 0.717) is 6.42 Å². The lowest BCUT2D eigenvalue weighted by atomic mass is 10.3. The quantitative estimate of drug-likeness (QED) is 0.682. The molecule has 0 amide bonds. The molecular formula is C11H10N2O. The summed E-state index contributed by atoms with van der Waals surface area (Å²) >= 11 is 0. The SMILES string of the molecule is O=CCc1cn(-c2ccccc2)cn1. The van der Waals surface area contributed by atoms with Crippen LogP contribution in [-0.2, 0) is 11.2 Å². The molecule has 3 nitrogen and oxygen atoms in total. The molecule has 14 heavy (non-hydrogen) atoms. The van der Waals surface area contributed by atoms with Gasteiger partial charge in [0.2, 0.25) is 0 Å². The van der Waals surface area contributed by atoms with Gasteiger partial charge in [-0.1, -0.05) is 18.2 Å². The Hall–Kier alpha value is -1.90. The van der Waals surface area contributed by atoms with Gasteiger partial charge in [0.1, 0.15) is 6.29 Å². The zero-order valence-electron chi connectivity index (χ0n) is 7.63. The van der Waals surface area contributed by atoms with Crippen molar-refractivity contribution in [3.8, 4) is 5.69 Å². The normalized spacial score (nSPS) is 10.0. The smallest absolute Gasteiger partial charge is 0.125 e. The van der Waals surface area contributed by atoms with Crippen LogP contribution in [-0.4, -0.2) is 15.8 Å².